The fraction of sp³-hybridized carbons (Fsp3) is 0.231. The van der Waals surface area contributed by atoms with Crippen LogP contribution in [0, 0.1) is 6.92 Å². The van der Waals surface area contributed by atoms with E-state index in [1.54, 1.807) is 19.1 Å². The van der Waals surface area contributed by atoms with Crippen LogP contribution in [-0.2, 0) is 11.2 Å². The fourth-order valence-corrected chi connectivity index (χ4v) is 2.29. The summed E-state index contributed by atoms with van der Waals surface area (Å²) in [6.07, 6.45) is 0.118. The van der Waals surface area contributed by atoms with Crippen LogP contribution in [0.4, 0.5) is 0 Å². The molecule has 0 fully saturated rings. The Kier molecular flexibility index (Phi) is 4.49. The molecule has 0 spiro atoms. The Morgan fingerprint density at radius 1 is 1.33 bits per heavy atom. The number of nitrogens with one attached hydrogen (secondary N) is 1. The molecule has 0 bridgehead atoms. The van der Waals surface area contributed by atoms with Crippen LogP contribution in [0.3, 0.4) is 0 Å². The van der Waals surface area contributed by atoms with Crippen molar-refractivity contribution in [2.75, 3.05) is 0 Å². The number of hydrogen-bond donors (Lipinski definition) is 3. The van der Waals surface area contributed by atoms with E-state index in [0.717, 1.165) is 11.5 Å². The van der Waals surface area contributed by atoms with Crippen LogP contribution >= 0.6 is 11.5 Å². The zero-order chi connectivity index (χ0) is 15.4. The number of aryl methyl sites for hydroxylation is 1. The number of phenolic OH excluding ortho intramolecular Hbond substituents is 1. The molecule has 1 atom stereocenters. The van der Waals surface area contributed by atoms with Gasteiger partial charge in [-0.3, -0.25) is 4.79 Å². The average Bonchev–Trinajstić information content (AvgIpc) is 2.86. The molecule has 8 heteroatoms. The maximum absolute atomic E-state index is 12.0. The first-order valence-electron chi connectivity index (χ1n) is 6.08. The van der Waals surface area contributed by atoms with Crippen LogP contribution in [0.2, 0.25) is 0 Å². The predicted molar refractivity (Wildman–Crippen MR) is 75.3 cm³/mol. The molecule has 0 saturated heterocycles. The van der Waals surface area contributed by atoms with Gasteiger partial charge in [-0.1, -0.05) is 16.6 Å². The topological polar surface area (TPSA) is 112 Å². The second kappa shape index (κ2) is 6.31. The van der Waals surface area contributed by atoms with E-state index < -0.39 is 17.9 Å². The lowest BCUT2D eigenvalue weighted by atomic mass is 10.1. The van der Waals surface area contributed by atoms with Crippen molar-refractivity contribution in [3.05, 3.63) is 40.4 Å². The zero-order valence-electron chi connectivity index (χ0n) is 11.1. The van der Waals surface area contributed by atoms with Gasteiger partial charge in [0.05, 0.1) is 5.69 Å². The third-order valence-corrected chi connectivity index (χ3v) is 3.66. The molecular weight excluding hydrogens is 294 g/mol. The van der Waals surface area contributed by atoms with Crippen molar-refractivity contribution >= 4 is 23.4 Å². The van der Waals surface area contributed by atoms with Gasteiger partial charge in [0.15, 0.2) is 0 Å². The summed E-state index contributed by atoms with van der Waals surface area (Å²) in [5, 5.41) is 24.6. The molecule has 1 aromatic carbocycles. The number of aliphatic carboxylic acids is 1. The summed E-state index contributed by atoms with van der Waals surface area (Å²) in [5.74, 6) is -1.54. The first kappa shape index (κ1) is 14.9. The summed E-state index contributed by atoms with van der Waals surface area (Å²) in [5.41, 5.74) is 1.16. The van der Waals surface area contributed by atoms with E-state index >= 15 is 0 Å². The summed E-state index contributed by atoms with van der Waals surface area (Å²) in [6, 6.07) is 5.08. The average molecular weight is 307 g/mol. The second-order valence-corrected chi connectivity index (χ2v) is 5.18. The van der Waals surface area contributed by atoms with Crippen LogP contribution < -0.4 is 5.32 Å². The SMILES string of the molecule is Cc1nnsc1C(=O)NC(Cc1ccc(O)cc1)C(=O)O. The molecule has 3 N–H and O–H groups in total. The number of carbonyl (C=O) groups is 2. The Hall–Kier alpha value is -2.48. The summed E-state index contributed by atoms with van der Waals surface area (Å²) in [6.45, 7) is 1.63. The van der Waals surface area contributed by atoms with Crippen molar-refractivity contribution in [1.29, 1.82) is 0 Å². The minimum absolute atomic E-state index is 0.0982. The van der Waals surface area contributed by atoms with Gasteiger partial charge >= 0.3 is 5.97 Å². The number of rotatable bonds is 5. The van der Waals surface area contributed by atoms with Gasteiger partial charge < -0.3 is 15.5 Å². The Balaban J connectivity index is 2.09. The number of phenols is 1. The van der Waals surface area contributed by atoms with Gasteiger partial charge in [0.2, 0.25) is 0 Å². The first-order chi connectivity index (χ1) is 9.97. The monoisotopic (exact) mass is 307 g/mol. The van der Waals surface area contributed by atoms with Crippen LogP contribution in [0.1, 0.15) is 20.9 Å². The van der Waals surface area contributed by atoms with Gasteiger partial charge in [-0.15, -0.1) is 5.10 Å². The van der Waals surface area contributed by atoms with Crippen LogP contribution in [-0.4, -0.2) is 37.7 Å². The van der Waals surface area contributed by atoms with Gasteiger partial charge in [0.25, 0.3) is 5.91 Å². The summed E-state index contributed by atoms with van der Waals surface area (Å²) < 4.78 is 3.64. The number of carboxylic acid groups (broad SMARTS) is 1. The molecule has 7 nitrogen and oxygen atoms in total. The van der Waals surface area contributed by atoms with E-state index in [2.05, 4.69) is 14.9 Å². The summed E-state index contributed by atoms with van der Waals surface area (Å²) in [4.78, 5) is 23.6. The minimum atomic E-state index is -1.13. The molecule has 21 heavy (non-hydrogen) atoms. The van der Waals surface area contributed by atoms with Crippen molar-refractivity contribution in [1.82, 2.24) is 14.9 Å². The number of aromatic hydroxyl groups is 1. The van der Waals surface area contributed by atoms with Crippen LogP contribution in [0.25, 0.3) is 0 Å². The Bertz CT molecular complexity index is 654. The van der Waals surface area contributed by atoms with Crippen molar-refractivity contribution in [2.24, 2.45) is 0 Å². The Morgan fingerprint density at radius 3 is 2.52 bits per heavy atom. The third-order valence-electron chi connectivity index (χ3n) is 2.84. The van der Waals surface area contributed by atoms with E-state index in [1.807, 2.05) is 0 Å². The largest absolute Gasteiger partial charge is 0.508 e. The molecule has 0 radical (unpaired) electrons. The number of carbonyl (C=O) groups excluding carboxylic acids is 1. The number of carboxylic acids is 1. The maximum atomic E-state index is 12.0. The van der Waals surface area contributed by atoms with E-state index in [9.17, 15) is 19.8 Å². The van der Waals surface area contributed by atoms with E-state index in [1.165, 1.54) is 12.1 Å². The number of amides is 1. The molecule has 0 aliphatic rings. The van der Waals surface area contributed by atoms with Crippen LogP contribution in [0.5, 0.6) is 5.75 Å². The number of aromatic nitrogens is 2. The molecule has 2 rings (SSSR count). The van der Waals surface area contributed by atoms with Crippen LogP contribution in [0.15, 0.2) is 24.3 Å². The quantitative estimate of drug-likeness (QED) is 0.759. The normalized spacial score (nSPS) is 11.9. The van der Waals surface area contributed by atoms with Crippen molar-refractivity contribution in [2.45, 2.75) is 19.4 Å². The molecule has 110 valence electrons. The van der Waals surface area contributed by atoms with Crippen molar-refractivity contribution in [3.63, 3.8) is 0 Å². The molecule has 2 aromatic rings. The van der Waals surface area contributed by atoms with Gasteiger partial charge in [-0.05, 0) is 36.2 Å². The zero-order valence-corrected chi connectivity index (χ0v) is 11.9. The van der Waals surface area contributed by atoms with E-state index in [4.69, 9.17) is 0 Å². The van der Waals surface area contributed by atoms with E-state index in [0.29, 0.717) is 16.1 Å². The third kappa shape index (κ3) is 3.76. The molecule has 1 aromatic heterocycles. The summed E-state index contributed by atoms with van der Waals surface area (Å²) >= 11 is 0.920. The highest BCUT2D eigenvalue weighted by atomic mass is 32.1. The van der Waals surface area contributed by atoms with Crippen molar-refractivity contribution in [3.8, 4) is 5.75 Å². The minimum Gasteiger partial charge on any atom is -0.508 e. The molecule has 1 amide bonds. The van der Waals surface area contributed by atoms with Gasteiger partial charge in [0.1, 0.15) is 16.7 Å². The van der Waals surface area contributed by atoms with Crippen molar-refractivity contribution < 1.29 is 19.8 Å². The molecule has 0 aliphatic carbocycles. The van der Waals surface area contributed by atoms with Gasteiger partial charge in [0, 0.05) is 6.42 Å². The highest BCUT2D eigenvalue weighted by Gasteiger charge is 2.23. The maximum Gasteiger partial charge on any atom is 0.326 e. The highest BCUT2D eigenvalue weighted by molar-refractivity contribution is 7.08. The first-order valence-corrected chi connectivity index (χ1v) is 6.85. The molecule has 0 aliphatic heterocycles. The lowest BCUT2D eigenvalue weighted by Gasteiger charge is -2.14. The summed E-state index contributed by atoms with van der Waals surface area (Å²) in [7, 11) is 0. The van der Waals surface area contributed by atoms with Gasteiger partial charge in [-0.2, -0.15) is 0 Å². The Labute approximate surface area is 124 Å². The second-order valence-electron chi connectivity index (χ2n) is 4.42. The lowest BCUT2D eigenvalue weighted by molar-refractivity contribution is -0.139. The van der Waals surface area contributed by atoms with Gasteiger partial charge in [-0.25, -0.2) is 4.79 Å². The lowest BCUT2D eigenvalue weighted by Crippen LogP contribution is -2.42. The fourth-order valence-electron chi connectivity index (χ4n) is 1.73. The molecule has 1 unspecified atom stereocenters. The Morgan fingerprint density at radius 2 is 2.00 bits per heavy atom. The van der Waals surface area contributed by atoms with E-state index in [-0.39, 0.29) is 12.2 Å². The molecular formula is C13H13N3O4S. The standard InChI is InChI=1S/C13H13N3O4S/c1-7-11(21-16-15-7)12(18)14-10(13(19)20)6-8-2-4-9(17)5-3-8/h2-5,10,17H,6H2,1H3,(H,14,18)(H,19,20). The predicted octanol–water partition coefficient (Wildman–Crippen LogP) is 0.978. The molecule has 0 saturated carbocycles. The number of benzene rings is 1. The smallest absolute Gasteiger partial charge is 0.326 e. The molecule has 1 heterocycles. The number of hydrogen-bond acceptors (Lipinski definition) is 6. The number of nitrogens with zero attached hydrogens (tertiary/aromatic N) is 2. The highest BCUT2D eigenvalue weighted by Crippen LogP contribution is 2.13.